The van der Waals surface area contributed by atoms with Crippen LogP contribution in [0, 0.1) is 0 Å². The number of carbonyl (C=O) groups excluding carboxylic acids is 1. The van der Waals surface area contributed by atoms with Crippen LogP contribution in [0.5, 0.6) is 0 Å². The molecule has 1 fully saturated rings. The van der Waals surface area contributed by atoms with E-state index >= 15 is 0 Å². The summed E-state index contributed by atoms with van der Waals surface area (Å²) in [6.45, 7) is 2.08. The first kappa shape index (κ1) is 11.5. The summed E-state index contributed by atoms with van der Waals surface area (Å²) in [4.78, 5) is 11.2. The molecule has 1 amide bonds. The van der Waals surface area contributed by atoms with Crippen molar-refractivity contribution < 1.29 is 4.79 Å². The van der Waals surface area contributed by atoms with Crippen LogP contribution < -0.4 is 11.1 Å². The molecule has 2 rings (SSSR count). The van der Waals surface area contributed by atoms with Crippen molar-refractivity contribution in [3.63, 3.8) is 0 Å². The third-order valence-electron chi connectivity index (χ3n) is 3.01. The van der Waals surface area contributed by atoms with Crippen LogP contribution >= 0.6 is 15.9 Å². The lowest BCUT2D eigenvalue weighted by atomic mass is 9.99. The Morgan fingerprint density at radius 2 is 2.31 bits per heavy atom. The van der Waals surface area contributed by atoms with Crippen LogP contribution in [0.1, 0.15) is 36.9 Å². The van der Waals surface area contributed by atoms with Crippen molar-refractivity contribution in [3.8, 4) is 0 Å². The monoisotopic (exact) mass is 282 g/mol. The van der Waals surface area contributed by atoms with Gasteiger partial charge in [0.15, 0.2) is 0 Å². The number of benzene rings is 1. The Morgan fingerprint density at radius 1 is 1.56 bits per heavy atom. The number of carbonyl (C=O) groups is 1. The van der Waals surface area contributed by atoms with Gasteiger partial charge in [-0.1, -0.05) is 22.9 Å². The molecule has 1 aromatic carbocycles. The summed E-state index contributed by atoms with van der Waals surface area (Å²) in [6, 6.07) is 4.12. The van der Waals surface area contributed by atoms with Gasteiger partial charge in [0, 0.05) is 16.6 Å². The van der Waals surface area contributed by atoms with Gasteiger partial charge in [-0.3, -0.25) is 4.79 Å². The summed E-state index contributed by atoms with van der Waals surface area (Å²) in [5, 5.41) is 2.95. The van der Waals surface area contributed by atoms with Gasteiger partial charge in [0.1, 0.15) is 0 Å². The minimum atomic E-state index is 0.0790. The first-order valence-electron chi connectivity index (χ1n) is 5.49. The average Bonchev–Trinajstić information content (AvgIpc) is 2.67. The number of nitrogens with two attached hydrogens (primary N) is 1. The Morgan fingerprint density at radius 3 is 2.88 bits per heavy atom. The van der Waals surface area contributed by atoms with E-state index in [4.69, 9.17) is 5.73 Å². The van der Waals surface area contributed by atoms with Crippen LogP contribution in [-0.4, -0.2) is 5.91 Å². The fraction of sp³-hybridized carbons (Fsp3) is 0.417. The lowest BCUT2D eigenvalue weighted by Gasteiger charge is -2.16. The highest BCUT2D eigenvalue weighted by Gasteiger charge is 2.24. The molecule has 0 saturated carbocycles. The Kier molecular flexibility index (Phi) is 3.19. The molecule has 1 aromatic rings. The number of aryl methyl sites for hydroxylation is 1. The Labute approximate surface area is 104 Å². The fourth-order valence-corrected chi connectivity index (χ4v) is 2.65. The highest BCUT2D eigenvalue weighted by atomic mass is 79.9. The number of hydrogen-bond donors (Lipinski definition) is 2. The molecular weight excluding hydrogens is 268 g/mol. The van der Waals surface area contributed by atoms with Gasteiger partial charge < -0.3 is 11.1 Å². The molecule has 1 heterocycles. The van der Waals surface area contributed by atoms with Gasteiger partial charge in [0.2, 0.25) is 5.91 Å². The van der Waals surface area contributed by atoms with Crippen molar-refractivity contribution in [3.05, 3.63) is 27.7 Å². The maximum atomic E-state index is 11.2. The molecule has 86 valence electrons. The summed E-state index contributed by atoms with van der Waals surface area (Å²) in [6.07, 6.45) is 2.33. The molecule has 0 radical (unpaired) electrons. The molecule has 3 nitrogen and oxygen atoms in total. The number of nitrogen functional groups attached to an aromatic ring is 1. The number of halogens is 1. The Bertz CT molecular complexity index is 431. The van der Waals surface area contributed by atoms with E-state index in [1.54, 1.807) is 0 Å². The summed E-state index contributed by atoms with van der Waals surface area (Å²) < 4.78 is 1.02. The molecule has 1 atom stereocenters. The van der Waals surface area contributed by atoms with Gasteiger partial charge in [-0.15, -0.1) is 0 Å². The Hall–Kier alpha value is -1.03. The molecular formula is C12H15BrN2O. The van der Waals surface area contributed by atoms with E-state index in [1.165, 1.54) is 0 Å². The van der Waals surface area contributed by atoms with Crippen molar-refractivity contribution in [2.75, 3.05) is 5.73 Å². The van der Waals surface area contributed by atoms with Crippen LogP contribution in [0.2, 0.25) is 0 Å². The quantitative estimate of drug-likeness (QED) is 0.819. The molecule has 16 heavy (non-hydrogen) atoms. The number of amides is 1. The number of hydrogen-bond acceptors (Lipinski definition) is 2. The fourth-order valence-electron chi connectivity index (χ4n) is 2.13. The third kappa shape index (κ3) is 2.07. The van der Waals surface area contributed by atoms with Crippen LogP contribution in [-0.2, 0) is 11.2 Å². The molecule has 0 aliphatic carbocycles. The van der Waals surface area contributed by atoms with Crippen LogP contribution in [0.15, 0.2) is 16.6 Å². The average molecular weight is 283 g/mol. The van der Waals surface area contributed by atoms with E-state index in [9.17, 15) is 4.79 Å². The molecule has 0 unspecified atom stereocenters. The van der Waals surface area contributed by atoms with Gasteiger partial charge in [-0.05, 0) is 36.1 Å². The molecule has 1 aliphatic rings. The summed E-state index contributed by atoms with van der Waals surface area (Å²) in [7, 11) is 0. The smallest absolute Gasteiger partial charge is 0.220 e. The van der Waals surface area contributed by atoms with Crippen molar-refractivity contribution in [2.24, 2.45) is 0 Å². The highest BCUT2D eigenvalue weighted by Crippen LogP contribution is 2.33. The molecule has 0 bridgehead atoms. The van der Waals surface area contributed by atoms with Crippen molar-refractivity contribution in [1.29, 1.82) is 0 Å². The first-order valence-corrected chi connectivity index (χ1v) is 6.28. The predicted octanol–water partition coefficient (Wildman–Crippen LogP) is 2.54. The second kappa shape index (κ2) is 4.45. The minimum Gasteiger partial charge on any atom is -0.398 e. The van der Waals surface area contributed by atoms with Crippen LogP contribution in [0.4, 0.5) is 5.69 Å². The lowest BCUT2D eigenvalue weighted by molar-refractivity contribution is -0.119. The third-order valence-corrected chi connectivity index (χ3v) is 3.47. The number of rotatable bonds is 2. The van der Waals surface area contributed by atoms with E-state index in [2.05, 4.69) is 28.2 Å². The zero-order valence-corrected chi connectivity index (χ0v) is 10.8. The summed E-state index contributed by atoms with van der Waals surface area (Å²) >= 11 is 3.48. The van der Waals surface area contributed by atoms with E-state index in [1.807, 2.05) is 12.1 Å². The molecule has 0 spiro atoms. The van der Waals surface area contributed by atoms with Crippen LogP contribution in [0.25, 0.3) is 0 Å². The van der Waals surface area contributed by atoms with Gasteiger partial charge >= 0.3 is 0 Å². The van der Waals surface area contributed by atoms with Crippen LogP contribution in [0.3, 0.4) is 0 Å². The first-order chi connectivity index (χ1) is 7.61. The molecule has 3 N–H and O–H groups in total. The molecule has 0 aromatic heterocycles. The number of anilines is 1. The van der Waals surface area contributed by atoms with Crippen molar-refractivity contribution in [1.82, 2.24) is 5.32 Å². The maximum absolute atomic E-state index is 11.2. The van der Waals surface area contributed by atoms with Crippen molar-refractivity contribution >= 4 is 27.5 Å². The highest BCUT2D eigenvalue weighted by molar-refractivity contribution is 9.10. The standard InChI is InChI=1S/C12H15BrN2O/c1-2-7-5-8(13)6-9(12(7)14)10-3-4-11(16)15-10/h5-6,10H,2-4,14H2,1H3,(H,15,16)/t10-/m1/s1. The second-order valence-electron chi connectivity index (χ2n) is 4.08. The van der Waals surface area contributed by atoms with E-state index in [0.717, 1.165) is 34.1 Å². The SMILES string of the molecule is CCc1cc(Br)cc([C@H]2CCC(=O)N2)c1N. The van der Waals surface area contributed by atoms with Gasteiger partial charge in [-0.25, -0.2) is 0 Å². The number of nitrogens with one attached hydrogen (secondary N) is 1. The molecule has 1 saturated heterocycles. The maximum Gasteiger partial charge on any atom is 0.220 e. The van der Waals surface area contributed by atoms with E-state index < -0.39 is 0 Å². The van der Waals surface area contributed by atoms with Gasteiger partial charge in [0.05, 0.1) is 6.04 Å². The Balaban J connectivity index is 2.40. The van der Waals surface area contributed by atoms with Gasteiger partial charge in [-0.2, -0.15) is 0 Å². The molecule has 1 aliphatic heterocycles. The normalized spacial score (nSPS) is 19.9. The van der Waals surface area contributed by atoms with Crippen molar-refractivity contribution in [2.45, 2.75) is 32.2 Å². The second-order valence-corrected chi connectivity index (χ2v) is 5.00. The zero-order chi connectivity index (χ0) is 11.7. The summed E-state index contributed by atoms with van der Waals surface area (Å²) in [5.74, 6) is 0.113. The van der Waals surface area contributed by atoms with E-state index in [-0.39, 0.29) is 11.9 Å². The lowest BCUT2D eigenvalue weighted by Crippen LogP contribution is -2.19. The van der Waals surface area contributed by atoms with E-state index in [0.29, 0.717) is 6.42 Å². The van der Waals surface area contributed by atoms with Gasteiger partial charge in [0.25, 0.3) is 0 Å². The zero-order valence-electron chi connectivity index (χ0n) is 9.22. The molecule has 4 heteroatoms. The largest absolute Gasteiger partial charge is 0.398 e. The predicted molar refractivity (Wildman–Crippen MR) is 68.1 cm³/mol. The topological polar surface area (TPSA) is 55.1 Å². The summed E-state index contributed by atoms with van der Waals surface area (Å²) in [5.41, 5.74) is 9.10. The minimum absolute atomic E-state index is 0.0790.